The summed E-state index contributed by atoms with van der Waals surface area (Å²) in [5.41, 5.74) is -3.58. The summed E-state index contributed by atoms with van der Waals surface area (Å²) in [5.74, 6) is -17.3. The van der Waals surface area contributed by atoms with E-state index in [0.29, 0.717) is 0 Å². The predicted molar refractivity (Wildman–Crippen MR) is 81.4 cm³/mol. The van der Waals surface area contributed by atoms with E-state index in [1.807, 2.05) is 9.47 Å². The van der Waals surface area contributed by atoms with E-state index in [0.717, 1.165) is 0 Å². The summed E-state index contributed by atoms with van der Waals surface area (Å²) in [7, 11) is 0. The molecule has 0 spiro atoms. The molecule has 0 aromatic rings. The smallest absolute Gasteiger partial charge is 0.462 e. The molecule has 0 saturated carbocycles. The number of hydrogen-bond acceptors (Lipinski definition) is 5. The highest BCUT2D eigenvalue weighted by Gasteiger charge is 2.77. The third-order valence-corrected chi connectivity index (χ3v) is 4.16. The van der Waals surface area contributed by atoms with Crippen molar-refractivity contribution in [1.82, 2.24) is 0 Å². The fraction of sp³-hybridized carbons (Fsp3) is 0.933. The van der Waals surface area contributed by atoms with E-state index in [9.17, 15) is 92.6 Å². The van der Waals surface area contributed by atoms with Crippen LogP contribution in [0.3, 0.4) is 0 Å². The van der Waals surface area contributed by atoms with Crippen LogP contribution in [0, 0.1) is 5.41 Å². The van der Waals surface area contributed by atoms with E-state index in [1.54, 1.807) is 0 Å². The standard InChI is InChI=1S/C15H10F20O6/c1-7(6(36)37,2-38-8(18,19)4(16)40-14(32,33)10(22,23)12(26,27)28)3-39-9(20,21)5(17)41-15(34,35)11(24,25)13(29,30)31/h4-5H,2-3H2,1H3,(H,36,37). The van der Waals surface area contributed by atoms with Crippen LogP contribution in [0.2, 0.25) is 0 Å². The lowest BCUT2D eigenvalue weighted by atomic mass is 9.93. The summed E-state index contributed by atoms with van der Waals surface area (Å²) in [6.07, 6.45) is -51.5. The van der Waals surface area contributed by atoms with E-state index >= 15 is 0 Å². The van der Waals surface area contributed by atoms with Gasteiger partial charge >= 0.3 is 54.6 Å². The van der Waals surface area contributed by atoms with E-state index in [1.165, 1.54) is 0 Å². The summed E-state index contributed by atoms with van der Waals surface area (Å²) in [4.78, 5) is 11.1. The summed E-state index contributed by atoms with van der Waals surface area (Å²) in [5, 5.41) is 8.88. The Bertz CT molecular complexity index is 837. The molecule has 0 fully saturated rings. The molecule has 246 valence electrons. The molecular weight excluding hydrogens is 656 g/mol. The van der Waals surface area contributed by atoms with Crippen LogP contribution in [0.5, 0.6) is 0 Å². The van der Waals surface area contributed by atoms with Gasteiger partial charge in [-0.2, -0.15) is 79.0 Å². The van der Waals surface area contributed by atoms with Gasteiger partial charge in [0.2, 0.25) is 0 Å². The SMILES string of the molecule is CC(COC(F)(F)C(F)OC(F)(F)C(F)(F)C(F)(F)F)(COC(F)(F)C(F)OC(F)(F)C(F)(F)C(F)(F)F)C(=O)O. The number of ether oxygens (including phenoxy) is 4. The van der Waals surface area contributed by atoms with E-state index in [4.69, 9.17) is 5.11 Å². The first-order chi connectivity index (χ1) is 17.6. The normalized spacial score (nSPS) is 18.2. The average molecular weight is 666 g/mol. The molecule has 0 amide bonds. The molecular formula is C15H10F20O6. The fourth-order valence-corrected chi connectivity index (χ4v) is 1.68. The average Bonchev–Trinajstić information content (AvgIpc) is 2.73. The highest BCUT2D eigenvalue weighted by atomic mass is 19.4. The summed E-state index contributed by atoms with van der Waals surface area (Å²) < 4.78 is 265. The van der Waals surface area contributed by atoms with Gasteiger partial charge in [0.15, 0.2) is 0 Å². The fourth-order valence-electron chi connectivity index (χ4n) is 1.68. The van der Waals surface area contributed by atoms with Crippen molar-refractivity contribution in [2.45, 2.75) is 68.3 Å². The summed E-state index contributed by atoms with van der Waals surface area (Å²) in [6.45, 7) is -5.13. The highest BCUT2D eigenvalue weighted by molar-refractivity contribution is 5.74. The number of carboxylic acid groups (broad SMARTS) is 1. The van der Waals surface area contributed by atoms with Crippen LogP contribution in [0.15, 0.2) is 0 Å². The highest BCUT2D eigenvalue weighted by Crippen LogP contribution is 2.50. The molecule has 41 heavy (non-hydrogen) atoms. The first kappa shape index (κ1) is 38.9. The Balaban J connectivity index is 5.65. The largest absolute Gasteiger partial charge is 0.481 e. The van der Waals surface area contributed by atoms with Crippen molar-refractivity contribution in [2.75, 3.05) is 13.2 Å². The lowest BCUT2D eigenvalue weighted by Gasteiger charge is -2.33. The molecule has 0 aromatic heterocycles. The molecule has 26 heteroatoms. The zero-order valence-electron chi connectivity index (χ0n) is 18.6. The van der Waals surface area contributed by atoms with Crippen LogP contribution in [0.4, 0.5) is 87.8 Å². The van der Waals surface area contributed by atoms with Gasteiger partial charge in [-0.25, -0.2) is 8.78 Å². The van der Waals surface area contributed by atoms with Gasteiger partial charge in [0.05, 0.1) is 13.2 Å². The quantitative estimate of drug-likeness (QED) is 0.201. The lowest BCUT2D eigenvalue weighted by Crippen LogP contribution is -2.56. The van der Waals surface area contributed by atoms with Crippen molar-refractivity contribution >= 4 is 5.97 Å². The second-order valence-corrected chi connectivity index (χ2v) is 7.61. The van der Waals surface area contributed by atoms with Gasteiger partial charge in [0.25, 0.3) is 12.7 Å². The van der Waals surface area contributed by atoms with Crippen LogP contribution < -0.4 is 0 Å². The molecule has 1 N–H and O–H groups in total. The Morgan fingerprint density at radius 1 is 0.585 bits per heavy atom. The molecule has 2 atom stereocenters. The Morgan fingerprint density at radius 3 is 1.02 bits per heavy atom. The van der Waals surface area contributed by atoms with Crippen LogP contribution in [-0.2, 0) is 23.7 Å². The van der Waals surface area contributed by atoms with Crippen LogP contribution >= 0.6 is 0 Å². The van der Waals surface area contributed by atoms with Gasteiger partial charge < -0.3 is 14.6 Å². The summed E-state index contributed by atoms with van der Waals surface area (Å²) in [6, 6.07) is 0. The molecule has 0 radical (unpaired) electrons. The number of carbonyl (C=O) groups is 1. The van der Waals surface area contributed by atoms with Gasteiger partial charge in [-0.15, -0.1) is 0 Å². The van der Waals surface area contributed by atoms with Crippen molar-refractivity contribution in [2.24, 2.45) is 5.41 Å². The minimum absolute atomic E-state index is 0.0670. The molecule has 0 saturated heterocycles. The molecule has 0 aliphatic rings. The maximum atomic E-state index is 13.5. The van der Waals surface area contributed by atoms with Crippen molar-refractivity contribution in [1.29, 1.82) is 0 Å². The third kappa shape index (κ3) is 8.48. The van der Waals surface area contributed by atoms with Crippen molar-refractivity contribution in [3.05, 3.63) is 0 Å². The van der Waals surface area contributed by atoms with Crippen LogP contribution in [0.1, 0.15) is 6.92 Å². The molecule has 0 bridgehead atoms. The van der Waals surface area contributed by atoms with Gasteiger partial charge in [-0.05, 0) is 6.92 Å². The van der Waals surface area contributed by atoms with E-state index in [2.05, 4.69) is 9.47 Å². The van der Waals surface area contributed by atoms with Crippen molar-refractivity contribution < 1.29 is 117 Å². The maximum Gasteiger partial charge on any atom is 0.462 e. The minimum atomic E-state index is -7.32. The number of hydrogen-bond donors (Lipinski definition) is 1. The second kappa shape index (κ2) is 11.5. The molecule has 2 unspecified atom stereocenters. The Morgan fingerprint density at radius 2 is 0.829 bits per heavy atom. The first-order valence-electron chi connectivity index (χ1n) is 9.17. The summed E-state index contributed by atoms with van der Waals surface area (Å²) >= 11 is 0. The third-order valence-electron chi connectivity index (χ3n) is 4.16. The lowest BCUT2D eigenvalue weighted by molar-refractivity contribution is -0.468. The second-order valence-electron chi connectivity index (χ2n) is 7.61. The molecule has 0 heterocycles. The number of alkyl halides is 20. The number of rotatable bonds is 15. The first-order valence-corrected chi connectivity index (χ1v) is 9.17. The number of halogens is 20. The Labute approximate surface area is 211 Å². The monoisotopic (exact) mass is 666 g/mol. The van der Waals surface area contributed by atoms with Crippen molar-refractivity contribution in [3.63, 3.8) is 0 Å². The van der Waals surface area contributed by atoms with Gasteiger partial charge in [-0.1, -0.05) is 0 Å². The predicted octanol–water partition coefficient (Wildman–Crippen LogP) is 6.50. The molecule has 0 aliphatic heterocycles. The van der Waals surface area contributed by atoms with E-state index in [-0.39, 0.29) is 6.92 Å². The van der Waals surface area contributed by atoms with Gasteiger partial charge in [0, 0.05) is 0 Å². The van der Waals surface area contributed by atoms with Gasteiger partial charge in [0.1, 0.15) is 5.41 Å². The van der Waals surface area contributed by atoms with Crippen molar-refractivity contribution in [3.8, 4) is 0 Å². The Hall–Kier alpha value is -2.09. The number of carboxylic acids is 1. The maximum absolute atomic E-state index is 13.5. The zero-order chi connectivity index (χ0) is 33.5. The molecule has 0 aromatic carbocycles. The van der Waals surface area contributed by atoms with Crippen LogP contribution in [0.25, 0.3) is 0 Å². The molecule has 0 rings (SSSR count). The minimum Gasteiger partial charge on any atom is -0.481 e. The Kier molecular flexibility index (Phi) is 10.9. The van der Waals surface area contributed by atoms with Crippen LogP contribution in [-0.4, -0.2) is 85.6 Å². The zero-order valence-corrected chi connectivity index (χ0v) is 18.6. The molecule has 6 nitrogen and oxygen atoms in total. The topological polar surface area (TPSA) is 74.2 Å². The van der Waals surface area contributed by atoms with E-state index < -0.39 is 85.9 Å². The molecule has 0 aliphatic carbocycles. The van der Waals surface area contributed by atoms with Gasteiger partial charge in [-0.3, -0.25) is 14.3 Å². The number of aliphatic carboxylic acids is 1.